The van der Waals surface area contributed by atoms with Gasteiger partial charge in [-0.2, -0.15) is 23.3 Å². The van der Waals surface area contributed by atoms with Crippen molar-refractivity contribution >= 4 is 23.5 Å². The third kappa shape index (κ3) is 3.69. The average Bonchev–Trinajstić information content (AvgIpc) is 3.13. The highest BCUT2D eigenvalue weighted by Crippen LogP contribution is 2.27. The third-order valence-electron chi connectivity index (χ3n) is 3.45. The van der Waals surface area contributed by atoms with E-state index in [1.165, 1.54) is 4.68 Å². The van der Waals surface area contributed by atoms with E-state index in [1.807, 2.05) is 30.3 Å². The Labute approximate surface area is 150 Å². The number of rotatable bonds is 4. The maximum absolute atomic E-state index is 12.5. The minimum Gasteiger partial charge on any atom is -0.289 e. The average molecular weight is 385 g/mol. The second kappa shape index (κ2) is 6.79. The van der Waals surface area contributed by atoms with Gasteiger partial charge >= 0.3 is 6.18 Å². The summed E-state index contributed by atoms with van der Waals surface area (Å²) in [7, 11) is 0. The molecule has 3 rings (SSSR count). The lowest BCUT2D eigenvalue weighted by atomic mass is 10.2. The van der Waals surface area contributed by atoms with Gasteiger partial charge in [-0.15, -0.1) is 5.10 Å². The Balaban J connectivity index is 1.80. The summed E-state index contributed by atoms with van der Waals surface area (Å²) in [6, 6.07) is 9.33. The molecule has 0 fully saturated rings. The lowest BCUT2D eigenvalue weighted by Gasteiger charge is -2.04. The molecule has 2 aromatic heterocycles. The molecule has 1 amide bonds. The van der Waals surface area contributed by atoms with Crippen molar-refractivity contribution in [1.82, 2.24) is 25.0 Å². The van der Waals surface area contributed by atoms with E-state index in [0.29, 0.717) is 12.2 Å². The monoisotopic (exact) mass is 384 g/mol. The zero-order valence-electron chi connectivity index (χ0n) is 13.3. The molecule has 0 aliphatic heterocycles. The summed E-state index contributed by atoms with van der Waals surface area (Å²) in [5.74, 6) is -2.57. The van der Waals surface area contributed by atoms with Gasteiger partial charge in [0.25, 0.3) is 5.91 Å². The zero-order chi connectivity index (χ0) is 18.9. The van der Waals surface area contributed by atoms with Gasteiger partial charge in [-0.05, 0) is 12.5 Å². The van der Waals surface area contributed by atoms with Crippen LogP contribution in [0.15, 0.2) is 30.3 Å². The van der Waals surface area contributed by atoms with Crippen LogP contribution in [0.5, 0.6) is 0 Å². The molecule has 0 saturated carbocycles. The molecule has 0 saturated heterocycles. The van der Waals surface area contributed by atoms with Gasteiger partial charge in [-0.3, -0.25) is 15.2 Å². The van der Waals surface area contributed by atoms with Crippen LogP contribution in [0.3, 0.4) is 0 Å². The van der Waals surface area contributed by atoms with Gasteiger partial charge in [0.1, 0.15) is 5.15 Å². The molecule has 0 spiro atoms. The third-order valence-corrected chi connectivity index (χ3v) is 3.83. The number of anilines is 1. The first-order valence-electron chi connectivity index (χ1n) is 7.33. The van der Waals surface area contributed by atoms with E-state index < -0.39 is 23.9 Å². The van der Waals surface area contributed by atoms with Crippen molar-refractivity contribution in [2.75, 3.05) is 5.32 Å². The minimum atomic E-state index is -4.69. The molecule has 2 N–H and O–H groups in total. The highest BCUT2D eigenvalue weighted by Gasteiger charge is 2.35. The predicted octanol–water partition coefficient (Wildman–Crippen LogP) is 3.28. The van der Waals surface area contributed by atoms with Crippen molar-refractivity contribution in [2.45, 2.75) is 19.6 Å². The number of hydrogen-bond donors (Lipinski definition) is 2. The Morgan fingerprint density at radius 1 is 1.31 bits per heavy atom. The first-order chi connectivity index (χ1) is 12.3. The largest absolute Gasteiger partial charge is 0.451 e. The summed E-state index contributed by atoms with van der Waals surface area (Å²) in [6.45, 7) is 1.91. The van der Waals surface area contributed by atoms with Crippen molar-refractivity contribution in [3.05, 3.63) is 58.1 Å². The summed E-state index contributed by atoms with van der Waals surface area (Å²) < 4.78 is 39.0. The van der Waals surface area contributed by atoms with Crippen LogP contribution in [0.25, 0.3) is 0 Å². The van der Waals surface area contributed by atoms with Crippen molar-refractivity contribution in [3.8, 4) is 0 Å². The molecule has 0 atom stereocenters. The van der Waals surface area contributed by atoms with Gasteiger partial charge in [-0.25, -0.2) is 4.68 Å². The molecule has 0 aliphatic rings. The van der Waals surface area contributed by atoms with Crippen molar-refractivity contribution < 1.29 is 18.0 Å². The molecule has 136 valence electrons. The number of halogens is 4. The van der Waals surface area contributed by atoms with E-state index >= 15 is 0 Å². The maximum Gasteiger partial charge on any atom is 0.451 e. The molecule has 26 heavy (non-hydrogen) atoms. The molecule has 0 bridgehead atoms. The second-order valence-electron chi connectivity index (χ2n) is 5.35. The highest BCUT2D eigenvalue weighted by atomic mass is 35.5. The highest BCUT2D eigenvalue weighted by molar-refractivity contribution is 6.33. The fourth-order valence-electron chi connectivity index (χ4n) is 2.28. The minimum absolute atomic E-state index is 0.0426. The number of H-pyrrole nitrogens is 1. The zero-order valence-corrected chi connectivity index (χ0v) is 14.1. The summed E-state index contributed by atoms with van der Waals surface area (Å²) >= 11 is 6.23. The predicted molar refractivity (Wildman–Crippen MR) is 86.9 cm³/mol. The molecule has 11 heteroatoms. The number of hydrogen-bond acceptors (Lipinski definition) is 4. The van der Waals surface area contributed by atoms with E-state index in [1.54, 1.807) is 12.0 Å². The van der Waals surface area contributed by atoms with E-state index in [0.717, 1.165) is 5.56 Å². The number of amides is 1. The number of nitrogens with zero attached hydrogens (tertiary/aromatic N) is 4. The normalized spacial score (nSPS) is 11.6. The first-order valence-corrected chi connectivity index (χ1v) is 7.71. The van der Waals surface area contributed by atoms with Crippen LogP contribution in [-0.2, 0) is 12.7 Å². The maximum atomic E-state index is 12.5. The molecule has 3 aromatic rings. The number of carbonyl (C=O) groups excluding carboxylic acids is 1. The van der Waals surface area contributed by atoms with Crippen LogP contribution >= 0.6 is 11.6 Å². The quantitative estimate of drug-likeness (QED) is 0.722. The lowest BCUT2D eigenvalue weighted by molar-refractivity contribution is -0.144. The van der Waals surface area contributed by atoms with Crippen LogP contribution in [0.4, 0.5) is 19.1 Å². The van der Waals surface area contributed by atoms with Crippen LogP contribution in [-0.4, -0.2) is 30.9 Å². The standard InChI is InChI=1S/C15H12ClF3N6O/c1-8-10(11(16)25(24-8)7-9-5-3-2-4-6-9)12(26)20-14-21-13(22-23-14)15(17,18)19/h2-6H,7H2,1H3,(H2,20,21,22,23,26). The topological polar surface area (TPSA) is 88.5 Å². The molecule has 0 unspecified atom stereocenters. The van der Waals surface area contributed by atoms with Crippen LogP contribution < -0.4 is 5.32 Å². The Kier molecular flexibility index (Phi) is 4.68. The number of aromatic nitrogens is 5. The van der Waals surface area contributed by atoms with Gasteiger partial charge in [0.15, 0.2) is 0 Å². The first kappa shape index (κ1) is 17.9. The Morgan fingerprint density at radius 2 is 2.00 bits per heavy atom. The molecule has 0 radical (unpaired) electrons. The van der Waals surface area contributed by atoms with Crippen LogP contribution in [0.2, 0.25) is 5.15 Å². The Bertz CT molecular complexity index is 935. The van der Waals surface area contributed by atoms with Gasteiger partial charge in [-0.1, -0.05) is 41.9 Å². The van der Waals surface area contributed by atoms with E-state index in [2.05, 4.69) is 20.5 Å². The summed E-state index contributed by atoms with van der Waals surface area (Å²) in [6.07, 6.45) is -4.69. The van der Waals surface area contributed by atoms with Gasteiger partial charge in [0.2, 0.25) is 11.8 Å². The lowest BCUT2D eigenvalue weighted by Crippen LogP contribution is -2.15. The fourth-order valence-corrected chi connectivity index (χ4v) is 2.60. The number of aryl methyl sites for hydroxylation is 1. The molecule has 2 heterocycles. The van der Waals surface area contributed by atoms with Crippen LogP contribution in [0.1, 0.15) is 27.4 Å². The number of aromatic amines is 1. The smallest absolute Gasteiger partial charge is 0.289 e. The molecular formula is C15H12ClF3N6O. The van der Waals surface area contributed by atoms with Gasteiger partial charge in [0.05, 0.1) is 17.8 Å². The number of alkyl halides is 3. The van der Waals surface area contributed by atoms with E-state index in [-0.39, 0.29) is 10.7 Å². The summed E-state index contributed by atoms with van der Waals surface area (Å²) in [4.78, 5) is 15.5. The molecule has 0 aliphatic carbocycles. The molecule has 7 nitrogen and oxygen atoms in total. The van der Waals surface area contributed by atoms with Gasteiger partial charge in [0, 0.05) is 0 Å². The van der Waals surface area contributed by atoms with Crippen LogP contribution in [0, 0.1) is 6.92 Å². The SMILES string of the molecule is Cc1nn(Cc2ccccc2)c(Cl)c1C(=O)Nc1n[nH]c(C(F)(F)F)n1. The van der Waals surface area contributed by atoms with Gasteiger partial charge < -0.3 is 0 Å². The van der Waals surface area contributed by atoms with Crippen molar-refractivity contribution in [1.29, 1.82) is 0 Å². The Morgan fingerprint density at radius 3 is 2.62 bits per heavy atom. The Hall–Kier alpha value is -2.88. The number of benzene rings is 1. The molecular weight excluding hydrogens is 373 g/mol. The summed E-state index contributed by atoms with van der Waals surface area (Å²) in [5.41, 5.74) is 1.30. The molecule has 1 aromatic carbocycles. The fraction of sp³-hybridized carbons (Fsp3) is 0.200. The van der Waals surface area contributed by atoms with E-state index in [4.69, 9.17) is 11.6 Å². The van der Waals surface area contributed by atoms with Crippen molar-refractivity contribution in [2.24, 2.45) is 0 Å². The van der Waals surface area contributed by atoms with E-state index in [9.17, 15) is 18.0 Å². The summed E-state index contributed by atoms with van der Waals surface area (Å²) in [5, 5.41) is 11.5. The van der Waals surface area contributed by atoms with Crippen molar-refractivity contribution in [3.63, 3.8) is 0 Å². The second-order valence-corrected chi connectivity index (χ2v) is 5.71. The number of carbonyl (C=O) groups is 1. The number of nitrogens with one attached hydrogen (secondary N) is 2.